The van der Waals surface area contributed by atoms with Gasteiger partial charge in [-0.2, -0.15) is 0 Å². The summed E-state index contributed by atoms with van der Waals surface area (Å²) < 4.78 is 32.0. The van der Waals surface area contributed by atoms with E-state index in [2.05, 4.69) is 30.5 Å². The smallest absolute Gasteiger partial charge is 0.265 e. The molecule has 0 radical (unpaired) electrons. The molecule has 2 aromatic carbocycles. The van der Waals surface area contributed by atoms with Crippen LogP contribution in [0.15, 0.2) is 61.2 Å². The van der Waals surface area contributed by atoms with Crippen LogP contribution in [0.1, 0.15) is 37.8 Å². The zero-order valence-corrected chi connectivity index (χ0v) is 17.8. The Labute approximate surface area is 173 Å². The predicted molar refractivity (Wildman–Crippen MR) is 117 cm³/mol. The fraction of sp³-hybridized carbons (Fsp3) is 0.318. The minimum atomic E-state index is -3.42. The maximum atomic E-state index is 12.4. The van der Waals surface area contributed by atoms with Crippen LogP contribution in [0.2, 0.25) is 0 Å². The van der Waals surface area contributed by atoms with Gasteiger partial charge in [-0.15, -0.1) is 6.58 Å². The van der Waals surface area contributed by atoms with Crippen LogP contribution < -0.4 is 14.8 Å². The van der Waals surface area contributed by atoms with Crippen molar-refractivity contribution in [3.63, 3.8) is 0 Å². The maximum Gasteiger partial charge on any atom is 0.265 e. The summed E-state index contributed by atoms with van der Waals surface area (Å²) in [5, 5.41) is 2.78. The van der Waals surface area contributed by atoms with Gasteiger partial charge in [0, 0.05) is 12.2 Å². The highest BCUT2D eigenvalue weighted by Gasteiger charge is 2.16. The highest BCUT2D eigenvalue weighted by molar-refractivity contribution is 7.88. The highest BCUT2D eigenvalue weighted by atomic mass is 32.2. The number of carbonyl (C=O) groups is 1. The third kappa shape index (κ3) is 7.36. The zero-order valence-electron chi connectivity index (χ0n) is 17.0. The number of amides is 1. The quantitative estimate of drug-likeness (QED) is 0.577. The van der Waals surface area contributed by atoms with E-state index in [1.165, 1.54) is 6.08 Å². The fourth-order valence-electron chi connectivity index (χ4n) is 2.59. The number of anilines is 1. The number of nitrogens with one attached hydrogen (secondary N) is 2. The summed E-state index contributed by atoms with van der Waals surface area (Å²) in [5.41, 5.74) is 2.33. The van der Waals surface area contributed by atoms with Crippen molar-refractivity contribution in [1.29, 1.82) is 0 Å². The largest absolute Gasteiger partial charge is 0.481 e. The molecule has 2 N–H and O–H groups in total. The molecule has 0 aliphatic heterocycles. The molecule has 0 saturated carbocycles. The zero-order chi connectivity index (χ0) is 21.4. The molecule has 0 aromatic heterocycles. The van der Waals surface area contributed by atoms with Gasteiger partial charge in [0.1, 0.15) is 5.75 Å². The Morgan fingerprint density at radius 3 is 2.45 bits per heavy atom. The molecule has 0 heterocycles. The van der Waals surface area contributed by atoms with Crippen LogP contribution >= 0.6 is 0 Å². The van der Waals surface area contributed by atoms with Crippen LogP contribution in [0.5, 0.6) is 5.75 Å². The van der Waals surface area contributed by atoms with Gasteiger partial charge in [-0.05, 0) is 48.2 Å². The first-order valence-corrected chi connectivity index (χ1v) is 11.1. The van der Waals surface area contributed by atoms with Crippen LogP contribution in [0.3, 0.4) is 0 Å². The van der Waals surface area contributed by atoms with Crippen molar-refractivity contribution in [2.24, 2.45) is 0 Å². The SMILES string of the molecule is C=CCNS(=O)(=O)Cc1ccc(NC(=O)C(C)Oc2cccc(C(C)C)c2)cc1. The van der Waals surface area contributed by atoms with Gasteiger partial charge in [0.05, 0.1) is 5.75 Å². The molecular formula is C22H28N2O4S. The van der Waals surface area contributed by atoms with Gasteiger partial charge in [0.15, 0.2) is 6.10 Å². The fourth-order valence-corrected chi connectivity index (χ4v) is 3.69. The summed E-state index contributed by atoms with van der Waals surface area (Å²) in [5.74, 6) is 0.595. The number of carbonyl (C=O) groups excluding carboxylic acids is 1. The number of rotatable bonds is 10. The Kier molecular flexibility index (Phi) is 7.99. The van der Waals surface area contributed by atoms with Gasteiger partial charge in [0.25, 0.3) is 5.91 Å². The molecule has 0 aliphatic carbocycles. The van der Waals surface area contributed by atoms with Gasteiger partial charge in [0.2, 0.25) is 10.0 Å². The Hall–Kier alpha value is -2.64. The number of sulfonamides is 1. The van der Waals surface area contributed by atoms with Crippen molar-refractivity contribution in [3.05, 3.63) is 72.3 Å². The normalized spacial score (nSPS) is 12.4. The van der Waals surface area contributed by atoms with E-state index in [9.17, 15) is 13.2 Å². The van der Waals surface area contributed by atoms with Gasteiger partial charge in [-0.1, -0.05) is 44.2 Å². The standard InChI is InChI=1S/C22H28N2O4S/c1-5-13-23-29(26,27)15-18-9-11-20(12-10-18)24-22(25)17(4)28-21-8-6-7-19(14-21)16(2)3/h5-12,14,16-17,23H,1,13,15H2,2-4H3,(H,24,25). The lowest BCUT2D eigenvalue weighted by Crippen LogP contribution is -2.30. The lowest BCUT2D eigenvalue weighted by molar-refractivity contribution is -0.122. The predicted octanol–water partition coefficient (Wildman–Crippen LogP) is 3.82. The van der Waals surface area contributed by atoms with Crippen LogP contribution in [-0.4, -0.2) is 27.0 Å². The Balaban J connectivity index is 1.94. The minimum Gasteiger partial charge on any atom is -0.481 e. The van der Waals surface area contributed by atoms with Crippen molar-refractivity contribution in [2.75, 3.05) is 11.9 Å². The average Bonchev–Trinajstić information content (AvgIpc) is 2.68. The number of benzene rings is 2. The molecule has 2 rings (SSSR count). The molecule has 0 aliphatic rings. The summed E-state index contributed by atoms with van der Waals surface area (Å²) in [7, 11) is -3.42. The van der Waals surface area contributed by atoms with Crippen molar-refractivity contribution in [2.45, 2.75) is 38.5 Å². The van der Waals surface area contributed by atoms with E-state index in [-0.39, 0.29) is 18.2 Å². The third-order valence-electron chi connectivity index (χ3n) is 4.23. The van der Waals surface area contributed by atoms with Gasteiger partial charge in [-0.25, -0.2) is 13.1 Å². The summed E-state index contributed by atoms with van der Waals surface area (Å²) in [6.45, 7) is 9.55. The molecule has 7 heteroatoms. The second-order valence-corrected chi connectivity index (χ2v) is 8.88. The summed E-state index contributed by atoms with van der Waals surface area (Å²) in [4.78, 5) is 12.4. The van der Waals surface area contributed by atoms with Gasteiger partial charge >= 0.3 is 0 Å². The molecule has 1 amide bonds. The van der Waals surface area contributed by atoms with E-state index in [1.54, 1.807) is 31.2 Å². The van der Waals surface area contributed by atoms with Crippen LogP contribution in [0, 0.1) is 0 Å². The monoisotopic (exact) mass is 416 g/mol. The second kappa shape index (κ2) is 10.2. The summed E-state index contributed by atoms with van der Waals surface area (Å²) in [6.07, 6.45) is 0.805. The van der Waals surface area contributed by atoms with Crippen molar-refractivity contribution in [1.82, 2.24) is 4.72 Å². The lowest BCUT2D eigenvalue weighted by Gasteiger charge is -2.16. The summed E-state index contributed by atoms with van der Waals surface area (Å²) >= 11 is 0. The molecule has 1 unspecified atom stereocenters. The second-order valence-electron chi connectivity index (χ2n) is 7.07. The van der Waals surface area contributed by atoms with E-state index < -0.39 is 16.1 Å². The third-order valence-corrected chi connectivity index (χ3v) is 5.55. The van der Waals surface area contributed by atoms with Gasteiger partial charge < -0.3 is 10.1 Å². The van der Waals surface area contributed by atoms with Crippen molar-refractivity contribution in [3.8, 4) is 5.75 Å². The first kappa shape index (κ1) is 22.6. The molecule has 29 heavy (non-hydrogen) atoms. The van der Waals surface area contributed by atoms with Crippen LogP contribution in [0.4, 0.5) is 5.69 Å². The lowest BCUT2D eigenvalue weighted by atomic mass is 10.0. The number of hydrogen-bond donors (Lipinski definition) is 2. The molecule has 0 spiro atoms. The first-order valence-electron chi connectivity index (χ1n) is 9.45. The van der Waals surface area contributed by atoms with Crippen LogP contribution in [0.25, 0.3) is 0 Å². The molecule has 0 fully saturated rings. The van der Waals surface area contributed by atoms with E-state index in [0.29, 0.717) is 22.9 Å². The molecule has 0 saturated heterocycles. The minimum absolute atomic E-state index is 0.138. The van der Waals surface area contributed by atoms with E-state index in [1.807, 2.05) is 24.3 Å². The van der Waals surface area contributed by atoms with E-state index in [0.717, 1.165) is 5.56 Å². The Bertz CT molecular complexity index is 938. The Morgan fingerprint density at radius 1 is 1.14 bits per heavy atom. The van der Waals surface area contributed by atoms with Crippen molar-refractivity contribution >= 4 is 21.6 Å². The average molecular weight is 417 g/mol. The summed E-state index contributed by atoms with van der Waals surface area (Å²) in [6, 6.07) is 14.4. The molecule has 2 aromatic rings. The molecular weight excluding hydrogens is 388 g/mol. The maximum absolute atomic E-state index is 12.4. The highest BCUT2D eigenvalue weighted by Crippen LogP contribution is 2.21. The molecule has 1 atom stereocenters. The van der Waals surface area contributed by atoms with Gasteiger partial charge in [-0.3, -0.25) is 4.79 Å². The molecule has 0 bridgehead atoms. The number of ether oxygens (including phenoxy) is 1. The van der Waals surface area contributed by atoms with Crippen LogP contribution in [-0.2, 0) is 20.6 Å². The Morgan fingerprint density at radius 2 is 1.83 bits per heavy atom. The van der Waals surface area contributed by atoms with E-state index >= 15 is 0 Å². The topological polar surface area (TPSA) is 84.5 Å². The van der Waals surface area contributed by atoms with Crippen molar-refractivity contribution < 1.29 is 17.9 Å². The first-order chi connectivity index (χ1) is 13.7. The van der Waals surface area contributed by atoms with E-state index in [4.69, 9.17) is 4.74 Å². The number of hydrogen-bond acceptors (Lipinski definition) is 4. The molecule has 6 nitrogen and oxygen atoms in total. The molecule has 156 valence electrons.